The number of ether oxygens (including phenoxy) is 1. The van der Waals surface area contributed by atoms with Crippen molar-refractivity contribution in [1.29, 1.82) is 0 Å². The molecule has 0 radical (unpaired) electrons. The largest absolute Gasteiger partial charge is 0.452 e. The summed E-state index contributed by atoms with van der Waals surface area (Å²) in [6.45, 7) is -0.575. The first-order valence-corrected chi connectivity index (χ1v) is 6.69. The van der Waals surface area contributed by atoms with Gasteiger partial charge >= 0.3 is 5.97 Å². The second-order valence-corrected chi connectivity index (χ2v) is 4.52. The van der Waals surface area contributed by atoms with Gasteiger partial charge in [0.1, 0.15) is 11.6 Å². The fourth-order valence-electron chi connectivity index (χ4n) is 1.69. The van der Waals surface area contributed by atoms with Gasteiger partial charge in [0.25, 0.3) is 5.91 Å². The molecule has 0 aliphatic rings. The Balaban J connectivity index is 1.82. The molecule has 0 aliphatic carbocycles. The summed E-state index contributed by atoms with van der Waals surface area (Å²) in [5.74, 6) is -3.09. The number of rotatable bonds is 5. The van der Waals surface area contributed by atoms with Gasteiger partial charge in [0, 0.05) is 12.1 Å². The van der Waals surface area contributed by atoms with Gasteiger partial charge in [0.2, 0.25) is 0 Å². The molecular weight excluding hydrogens is 304 g/mol. The average Bonchev–Trinajstić information content (AvgIpc) is 2.54. The van der Waals surface area contributed by atoms with Crippen LogP contribution >= 0.6 is 0 Å². The van der Waals surface area contributed by atoms with E-state index in [0.717, 1.165) is 17.7 Å². The lowest BCUT2D eigenvalue weighted by molar-refractivity contribution is -0.142. The van der Waals surface area contributed by atoms with Crippen molar-refractivity contribution in [2.45, 2.75) is 0 Å². The molecular formula is C17H13F2NO3. The quantitative estimate of drug-likeness (QED) is 0.681. The van der Waals surface area contributed by atoms with Gasteiger partial charge in [-0.2, -0.15) is 0 Å². The molecule has 0 saturated heterocycles. The Labute approximate surface area is 131 Å². The summed E-state index contributed by atoms with van der Waals surface area (Å²) in [5, 5.41) is 2.18. The van der Waals surface area contributed by atoms with Crippen LogP contribution in [0.2, 0.25) is 0 Å². The normalized spacial score (nSPS) is 10.5. The highest BCUT2D eigenvalue weighted by Crippen LogP contribution is 2.14. The highest BCUT2D eigenvalue weighted by Gasteiger charge is 2.09. The standard InChI is InChI=1S/C17H13F2NO3/c18-13-7-8-15(14(19)10-13)20-16(21)11-23-17(22)9-6-12-4-2-1-3-5-12/h1-10H,11H2,(H,20,21). The Bertz CT molecular complexity index is 730. The van der Waals surface area contributed by atoms with E-state index in [0.29, 0.717) is 6.07 Å². The van der Waals surface area contributed by atoms with Gasteiger partial charge in [-0.25, -0.2) is 13.6 Å². The Morgan fingerprint density at radius 1 is 1.09 bits per heavy atom. The van der Waals surface area contributed by atoms with Crippen molar-refractivity contribution in [2.24, 2.45) is 0 Å². The van der Waals surface area contributed by atoms with E-state index in [1.54, 1.807) is 18.2 Å². The molecule has 2 aromatic rings. The van der Waals surface area contributed by atoms with E-state index < -0.39 is 30.1 Å². The van der Waals surface area contributed by atoms with Crippen LogP contribution in [0.3, 0.4) is 0 Å². The highest BCUT2D eigenvalue weighted by molar-refractivity contribution is 5.94. The third kappa shape index (κ3) is 5.35. The van der Waals surface area contributed by atoms with Gasteiger partial charge in [0.05, 0.1) is 5.69 Å². The third-order valence-corrected chi connectivity index (χ3v) is 2.76. The molecule has 0 saturated carbocycles. The molecule has 2 aromatic carbocycles. The average molecular weight is 317 g/mol. The van der Waals surface area contributed by atoms with Crippen LogP contribution in [-0.2, 0) is 14.3 Å². The molecule has 1 N–H and O–H groups in total. The minimum Gasteiger partial charge on any atom is -0.452 e. The monoisotopic (exact) mass is 317 g/mol. The topological polar surface area (TPSA) is 55.4 Å². The smallest absolute Gasteiger partial charge is 0.331 e. The number of halogens is 2. The molecule has 2 rings (SSSR count). The van der Waals surface area contributed by atoms with Crippen molar-refractivity contribution in [2.75, 3.05) is 11.9 Å². The van der Waals surface area contributed by atoms with E-state index in [2.05, 4.69) is 5.32 Å². The van der Waals surface area contributed by atoms with Crippen LogP contribution in [0.5, 0.6) is 0 Å². The van der Waals surface area contributed by atoms with E-state index in [9.17, 15) is 18.4 Å². The number of nitrogens with one attached hydrogen (secondary N) is 1. The summed E-state index contributed by atoms with van der Waals surface area (Å²) in [6, 6.07) is 11.8. The maximum atomic E-state index is 13.3. The lowest BCUT2D eigenvalue weighted by Crippen LogP contribution is -2.20. The van der Waals surface area contributed by atoms with Gasteiger partial charge in [-0.1, -0.05) is 30.3 Å². The molecule has 0 heterocycles. The number of hydrogen-bond acceptors (Lipinski definition) is 3. The van der Waals surface area contributed by atoms with Crippen LogP contribution in [-0.4, -0.2) is 18.5 Å². The van der Waals surface area contributed by atoms with Gasteiger partial charge in [-0.15, -0.1) is 0 Å². The molecule has 0 aliphatic heterocycles. The molecule has 1 amide bonds. The molecule has 0 bridgehead atoms. The summed E-state index contributed by atoms with van der Waals surface area (Å²) < 4.78 is 30.8. The molecule has 0 aromatic heterocycles. The Morgan fingerprint density at radius 3 is 2.52 bits per heavy atom. The fourth-order valence-corrected chi connectivity index (χ4v) is 1.69. The second kappa shape index (κ2) is 7.84. The number of amides is 1. The fraction of sp³-hybridized carbons (Fsp3) is 0.0588. The molecule has 0 unspecified atom stereocenters. The van der Waals surface area contributed by atoms with Crippen LogP contribution in [0.4, 0.5) is 14.5 Å². The van der Waals surface area contributed by atoms with Gasteiger partial charge in [-0.3, -0.25) is 4.79 Å². The zero-order valence-electron chi connectivity index (χ0n) is 12.0. The van der Waals surface area contributed by atoms with Crippen molar-refractivity contribution in [3.8, 4) is 0 Å². The predicted octanol–water partition coefficient (Wildman–Crippen LogP) is 3.16. The molecule has 4 nitrogen and oxygen atoms in total. The minimum atomic E-state index is -0.909. The maximum Gasteiger partial charge on any atom is 0.331 e. The summed E-state index contributed by atoms with van der Waals surface area (Å²) in [7, 11) is 0. The van der Waals surface area contributed by atoms with Crippen molar-refractivity contribution < 1.29 is 23.1 Å². The van der Waals surface area contributed by atoms with Gasteiger partial charge < -0.3 is 10.1 Å². The second-order valence-electron chi connectivity index (χ2n) is 4.52. The first-order chi connectivity index (χ1) is 11.0. The Kier molecular flexibility index (Phi) is 5.57. The number of esters is 1. The summed E-state index contributed by atoms with van der Waals surface area (Å²) in [6.07, 6.45) is 2.72. The van der Waals surface area contributed by atoms with E-state index in [1.807, 2.05) is 18.2 Å². The first-order valence-electron chi connectivity index (χ1n) is 6.69. The van der Waals surface area contributed by atoms with Crippen LogP contribution in [0.25, 0.3) is 6.08 Å². The summed E-state index contributed by atoms with van der Waals surface area (Å²) in [5.41, 5.74) is 0.620. The zero-order chi connectivity index (χ0) is 16.7. The molecule has 0 fully saturated rings. The SMILES string of the molecule is O=C(COC(=O)C=Cc1ccccc1)Nc1ccc(F)cc1F. The molecule has 23 heavy (non-hydrogen) atoms. The van der Waals surface area contributed by atoms with Crippen molar-refractivity contribution >= 4 is 23.6 Å². The van der Waals surface area contributed by atoms with Crippen LogP contribution in [0, 0.1) is 11.6 Å². The number of carbonyl (C=O) groups is 2. The first kappa shape index (κ1) is 16.4. The third-order valence-electron chi connectivity index (χ3n) is 2.76. The van der Waals surface area contributed by atoms with E-state index in [4.69, 9.17) is 4.74 Å². The van der Waals surface area contributed by atoms with E-state index in [1.165, 1.54) is 6.08 Å². The van der Waals surface area contributed by atoms with E-state index in [-0.39, 0.29) is 5.69 Å². The molecule has 6 heteroatoms. The summed E-state index contributed by atoms with van der Waals surface area (Å²) in [4.78, 5) is 23.0. The minimum absolute atomic E-state index is 0.188. The lowest BCUT2D eigenvalue weighted by atomic mass is 10.2. The maximum absolute atomic E-state index is 13.3. The lowest BCUT2D eigenvalue weighted by Gasteiger charge is -2.06. The zero-order valence-corrected chi connectivity index (χ0v) is 12.0. The highest BCUT2D eigenvalue weighted by atomic mass is 19.1. The molecule has 118 valence electrons. The molecule has 0 spiro atoms. The van der Waals surface area contributed by atoms with Gasteiger partial charge in [0.15, 0.2) is 6.61 Å². The number of benzene rings is 2. The van der Waals surface area contributed by atoms with Crippen molar-refractivity contribution in [3.63, 3.8) is 0 Å². The predicted molar refractivity (Wildman–Crippen MR) is 81.4 cm³/mol. The van der Waals surface area contributed by atoms with Gasteiger partial charge in [-0.05, 0) is 23.8 Å². The van der Waals surface area contributed by atoms with Crippen LogP contribution in [0.1, 0.15) is 5.56 Å². The Morgan fingerprint density at radius 2 is 1.83 bits per heavy atom. The molecule has 0 atom stereocenters. The van der Waals surface area contributed by atoms with Crippen LogP contribution in [0.15, 0.2) is 54.6 Å². The van der Waals surface area contributed by atoms with E-state index >= 15 is 0 Å². The van der Waals surface area contributed by atoms with Crippen LogP contribution < -0.4 is 5.32 Å². The summed E-state index contributed by atoms with van der Waals surface area (Å²) >= 11 is 0. The van der Waals surface area contributed by atoms with Crippen molar-refractivity contribution in [3.05, 3.63) is 71.8 Å². The number of carbonyl (C=O) groups excluding carboxylic acids is 2. The number of anilines is 1. The Hall–Kier alpha value is -3.02. The number of hydrogen-bond donors (Lipinski definition) is 1. The van der Waals surface area contributed by atoms with Crippen molar-refractivity contribution in [1.82, 2.24) is 0 Å².